The first-order valence-corrected chi connectivity index (χ1v) is 5.81. The molecule has 0 amide bonds. The van der Waals surface area contributed by atoms with Crippen molar-refractivity contribution in [2.45, 2.75) is 37.4 Å². The molecule has 0 radical (unpaired) electrons. The minimum Gasteiger partial charge on any atom is -0.468 e. The average Bonchev–Trinajstić information content (AvgIpc) is 3.09. The van der Waals surface area contributed by atoms with Gasteiger partial charge in [0.15, 0.2) is 0 Å². The predicted molar refractivity (Wildman–Crippen MR) is 57.8 cm³/mol. The van der Waals surface area contributed by atoms with Gasteiger partial charge in [0, 0.05) is 13.0 Å². The van der Waals surface area contributed by atoms with E-state index in [0.29, 0.717) is 0 Å². The van der Waals surface area contributed by atoms with Crippen LogP contribution in [0.15, 0.2) is 0 Å². The van der Waals surface area contributed by atoms with E-state index < -0.39 is 24.1 Å². The number of nitrogens with two attached hydrogens (primary N) is 1. The van der Waals surface area contributed by atoms with E-state index in [1.807, 2.05) is 0 Å². The first-order chi connectivity index (χ1) is 8.29. The standard InChI is InChI=1S/C11H18F3NO3/c1-17-9(16)10(15,8-3-4-8)7-18-6-2-5-11(12,13)14/h8H,2-7,15H2,1H3. The molecular weight excluding hydrogens is 251 g/mol. The Labute approximate surface area is 104 Å². The molecule has 4 nitrogen and oxygen atoms in total. The highest BCUT2D eigenvalue weighted by Gasteiger charge is 2.49. The molecule has 0 spiro atoms. The van der Waals surface area contributed by atoms with Crippen molar-refractivity contribution in [1.29, 1.82) is 0 Å². The first-order valence-electron chi connectivity index (χ1n) is 5.81. The van der Waals surface area contributed by atoms with Gasteiger partial charge < -0.3 is 15.2 Å². The first kappa shape index (κ1) is 15.2. The number of esters is 1. The maximum absolute atomic E-state index is 11.9. The zero-order valence-electron chi connectivity index (χ0n) is 10.3. The van der Waals surface area contributed by atoms with Gasteiger partial charge in [-0.3, -0.25) is 0 Å². The number of ether oxygens (including phenoxy) is 2. The van der Waals surface area contributed by atoms with Gasteiger partial charge in [0.05, 0.1) is 13.7 Å². The third-order valence-electron chi connectivity index (χ3n) is 2.96. The summed E-state index contributed by atoms with van der Waals surface area (Å²) in [6.07, 6.45) is -3.57. The van der Waals surface area contributed by atoms with Crippen molar-refractivity contribution in [1.82, 2.24) is 0 Å². The van der Waals surface area contributed by atoms with Crippen LogP contribution in [0.5, 0.6) is 0 Å². The van der Waals surface area contributed by atoms with Crippen molar-refractivity contribution in [3.05, 3.63) is 0 Å². The highest BCUT2D eigenvalue weighted by molar-refractivity contribution is 5.81. The summed E-state index contributed by atoms with van der Waals surface area (Å²) in [5, 5.41) is 0. The van der Waals surface area contributed by atoms with Gasteiger partial charge in [0.25, 0.3) is 0 Å². The molecule has 0 bridgehead atoms. The van der Waals surface area contributed by atoms with Crippen LogP contribution in [0.1, 0.15) is 25.7 Å². The maximum Gasteiger partial charge on any atom is 0.389 e. The van der Waals surface area contributed by atoms with Gasteiger partial charge in [-0.05, 0) is 25.2 Å². The van der Waals surface area contributed by atoms with Gasteiger partial charge in [0.2, 0.25) is 0 Å². The molecule has 0 aliphatic heterocycles. The summed E-state index contributed by atoms with van der Waals surface area (Å²) in [5.41, 5.74) is 4.69. The molecule has 0 saturated heterocycles. The summed E-state index contributed by atoms with van der Waals surface area (Å²) in [6.45, 7) is -0.162. The van der Waals surface area contributed by atoms with Crippen molar-refractivity contribution >= 4 is 5.97 Å². The average molecular weight is 269 g/mol. The second-order valence-electron chi connectivity index (χ2n) is 4.58. The van der Waals surface area contributed by atoms with Crippen LogP contribution in [0.3, 0.4) is 0 Å². The Hall–Kier alpha value is -0.820. The fourth-order valence-corrected chi connectivity index (χ4v) is 1.75. The molecule has 106 valence electrons. The number of rotatable bonds is 7. The van der Waals surface area contributed by atoms with Gasteiger partial charge in [-0.2, -0.15) is 13.2 Å². The van der Waals surface area contributed by atoms with Crippen LogP contribution < -0.4 is 5.73 Å². The second kappa shape index (κ2) is 5.88. The Morgan fingerprint density at radius 1 is 1.39 bits per heavy atom. The number of hydrogen-bond donors (Lipinski definition) is 1. The molecule has 18 heavy (non-hydrogen) atoms. The van der Waals surface area contributed by atoms with Crippen molar-refractivity contribution in [3.8, 4) is 0 Å². The van der Waals surface area contributed by atoms with Crippen LogP contribution in [-0.2, 0) is 14.3 Å². The minimum atomic E-state index is -4.18. The number of halogens is 3. The third-order valence-corrected chi connectivity index (χ3v) is 2.96. The van der Waals surface area contributed by atoms with Crippen LogP contribution >= 0.6 is 0 Å². The molecule has 1 rings (SSSR count). The summed E-state index contributed by atoms with van der Waals surface area (Å²) in [5.74, 6) is -0.562. The van der Waals surface area contributed by atoms with E-state index >= 15 is 0 Å². The summed E-state index contributed by atoms with van der Waals surface area (Å²) in [4.78, 5) is 11.5. The largest absolute Gasteiger partial charge is 0.468 e. The van der Waals surface area contributed by atoms with Gasteiger partial charge in [-0.25, -0.2) is 4.79 Å². The predicted octanol–water partition coefficient (Wildman–Crippen LogP) is 1.63. The summed E-state index contributed by atoms with van der Waals surface area (Å²) < 4.78 is 45.3. The van der Waals surface area contributed by atoms with Crippen LogP contribution in [0.25, 0.3) is 0 Å². The number of carbonyl (C=O) groups is 1. The van der Waals surface area contributed by atoms with Crippen molar-refractivity contribution in [3.63, 3.8) is 0 Å². The molecule has 0 heterocycles. The molecule has 0 aromatic rings. The number of alkyl halides is 3. The zero-order chi connectivity index (χ0) is 13.8. The third kappa shape index (κ3) is 4.45. The Morgan fingerprint density at radius 2 is 2.00 bits per heavy atom. The second-order valence-corrected chi connectivity index (χ2v) is 4.58. The lowest BCUT2D eigenvalue weighted by molar-refractivity contribution is -0.152. The Kier molecular flexibility index (Phi) is 4.98. The normalized spacial score (nSPS) is 19.4. The Balaban J connectivity index is 2.29. The highest BCUT2D eigenvalue weighted by atomic mass is 19.4. The Morgan fingerprint density at radius 3 is 2.44 bits per heavy atom. The molecule has 7 heteroatoms. The van der Waals surface area contributed by atoms with E-state index in [2.05, 4.69) is 4.74 Å². The van der Waals surface area contributed by atoms with E-state index in [-0.39, 0.29) is 25.6 Å². The van der Waals surface area contributed by atoms with Gasteiger partial charge in [0.1, 0.15) is 5.54 Å². The van der Waals surface area contributed by atoms with E-state index in [9.17, 15) is 18.0 Å². The van der Waals surface area contributed by atoms with E-state index in [4.69, 9.17) is 10.5 Å². The molecule has 1 saturated carbocycles. The number of methoxy groups -OCH3 is 1. The highest BCUT2D eigenvalue weighted by Crippen LogP contribution is 2.39. The van der Waals surface area contributed by atoms with Gasteiger partial charge in [-0.15, -0.1) is 0 Å². The van der Waals surface area contributed by atoms with E-state index in [1.165, 1.54) is 7.11 Å². The summed E-state index contributed by atoms with van der Waals surface area (Å²) in [6, 6.07) is 0. The molecule has 1 aliphatic carbocycles. The molecular formula is C11H18F3NO3. The van der Waals surface area contributed by atoms with Crippen LogP contribution in [0.2, 0.25) is 0 Å². The zero-order valence-corrected chi connectivity index (χ0v) is 10.3. The molecule has 1 aliphatic rings. The molecule has 1 atom stereocenters. The fraction of sp³-hybridized carbons (Fsp3) is 0.909. The van der Waals surface area contributed by atoms with Crippen molar-refractivity contribution in [2.75, 3.05) is 20.3 Å². The summed E-state index contributed by atoms with van der Waals surface area (Å²) >= 11 is 0. The lowest BCUT2D eigenvalue weighted by Gasteiger charge is -2.26. The molecule has 1 fully saturated rings. The van der Waals surface area contributed by atoms with Gasteiger partial charge >= 0.3 is 12.1 Å². The smallest absolute Gasteiger partial charge is 0.389 e. The van der Waals surface area contributed by atoms with E-state index in [0.717, 1.165) is 12.8 Å². The molecule has 0 aromatic carbocycles. The number of carbonyl (C=O) groups excluding carboxylic acids is 1. The maximum atomic E-state index is 11.9. The Bertz CT molecular complexity index is 292. The lowest BCUT2D eigenvalue weighted by atomic mass is 9.96. The van der Waals surface area contributed by atoms with Crippen LogP contribution in [0.4, 0.5) is 13.2 Å². The van der Waals surface area contributed by atoms with Crippen molar-refractivity contribution in [2.24, 2.45) is 11.7 Å². The SMILES string of the molecule is COC(=O)C(N)(COCCCC(F)(F)F)C1CC1. The molecule has 2 N–H and O–H groups in total. The molecule has 1 unspecified atom stereocenters. The molecule has 0 aromatic heterocycles. The minimum absolute atomic E-state index is 0.00701. The summed E-state index contributed by atoms with van der Waals surface area (Å²) in [7, 11) is 1.23. The monoisotopic (exact) mass is 269 g/mol. The quantitative estimate of drug-likeness (QED) is 0.563. The lowest BCUT2D eigenvalue weighted by Crippen LogP contribution is -2.54. The topological polar surface area (TPSA) is 61.5 Å². The van der Waals surface area contributed by atoms with Crippen molar-refractivity contribution < 1.29 is 27.4 Å². The fourth-order valence-electron chi connectivity index (χ4n) is 1.75. The van der Waals surface area contributed by atoms with Crippen LogP contribution in [0, 0.1) is 5.92 Å². The van der Waals surface area contributed by atoms with Gasteiger partial charge in [-0.1, -0.05) is 0 Å². The number of hydrogen-bond acceptors (Lipinski definition) is 4. The van der Waals surface area contributed by atoms with Crippen LogP contribution in [-0.4, -0.2) is 38.0 Å². The van der Waals surface area contributed by atoms with E-state index in [1.54, 1.807) is 0 Å².